The molecule has 0 aliphatic rings. The van der Waals surface area contributed by atoms with Gasteiger partial charge in [0.2, 0.25) is 5.91 Å². The molecule has 29 heavy (non-hydrogen) atoms. The van der Waals surface area contributed by atoms with Crippen LogP contribution >= 0.6 is 11.6 Å². The molecule has 3 aromatic rings. The standard InChI is InChI=1S/C21H17ClF3N3O/c22-15-9-10-18(17(12-15)21(23,24)25)28-20(29)19(14-6-2-1-3-7-14)27-13-16-8-4-5-11-26-16/h1-12,19,27H,13H2,(H,28,29). The molecule has 4 nitrogen and oxygen atoms in total. The Hall–Kier alpha value is -2.90. The minimum atomic E-state index is -4.66. The number of rotatable bonds is 6. The smallest absolute Gasteiger partial charge is 0.324 e. The zero-order chi connectivity index (χ0) is 20.9. The van der Waals surface area contributed by atoms with E-state index < -0.39 is 23.7 Å². The van der Waals surface area contributed by atoms with Crippen molar-refractivity contribution in [3.63, 3.8) is 0 Å². The maximum absolute atomic E-state index is 13.3. The van der Waals surface area contributed by atoms with Gasteiger partial charge in [-0.3, -0.25) is 15.1 Å². The van der Waals surface area contributed by atoms with Crippen LogP contribution in [0.4, 0.5) is 18.9 Å². The van der Waals surface area contributed by atoms with Crippen LogP contribution in [0, 0.1) is 0 Å². The van der Waals surface area contributed by atoms with Crippen molar-refractivity contribution < 1.29 is 18.0 Å². The molecular formula is C21H17ClF3N3O. The number of aromatic nitrogens is 1. The average Bonchev–Trinajstić information content (AvgIpc) is 2.70. The first-order valence-electron chi connectivity index (χ1n) is 8.70. The van der Waals surface area contributed by atoms with Crippen molar-refractivity contribution >= 4 is 23.2 Å². The Morgan fingerprint density at radius 1 is 1.03 bits per heavy atom. The van der Waals surface area contributed by atoms with E-state index in [1.54, 1.807) is 48.7 Å². The Bertz CT molecular complexity index is 966. The molecule has 8 heteroatoms. The van der Waals surface area contributed by atoms with E-state index in [0.29, 0.717) is 11.3 Å². The lowest BCUT2D eigenvalue weighted by Gasteiger charge is -2.20. The Kier molecular flexibility index (Phi) is 6.51. The van der Waals surface area contributed by atoms with Gasteiger partial charge in [0, 0.05) is 17.8 Å². The first-order chi connectivity index (χ1) is 13.8. The topological polar surface area (TPSA) is 54.0 Å². The predicted molar refractivity (Wildman–Crippen MR) is 105 cm³/mol. The summed E-state index contributed by atoms with van der Waals surface area (Å²) < 4.78 is 40.0. The molecule has 0 aliphatic carbocycles. The van der Waals surface area contributed by atoms with E-state index >= 15 is 0 Å². The highest BCUT2D eigenvalue weighted by atomic mass is 35.5. The van der Waals surface area contributed by atoms with Gasteiger partial charge in [-0.1, -0.05) is 48.0 Å². The van der Waals surface area contributed by atoms with E-state index in [9.17, 15) is 18.0 Å². The highest BCUT2D eigenvalue weighted by Gasteiger charge is 2.35. The van der Waals surface area contributed by atoms with Gasteiger partial charge in [0.1, 0.15) is 6.04 Å². The SMILES string of the molecule is O=C(Nc1ccc(Cl)cc1C(F)(F)F)C(NCc1ccccn1)c1ccccc1. The number of nitrogens with one attached hydrogen (secondary N) is 2. The van der Waals surface area contributed by atoms with Crippen molar-refractivity contribution in [3.8, 4) is 0 Å². The number of benzene rings is 2. The molecule has 0 bridgehead atoms. The lowest BCUT2D eigenvalue weighted by atomic mass is 10.1. The summed E-state index contributed by atoms with van der Waals surface area (Å²) >= 11 is 5.70. The second-order valence-electron chi connectivity index (χ2n) is 6.22. The fourth-order valence-electron chi connectivity index (χ4n) is 2.78. The quantitative estimate of drug-likeness (QED) is 0.575. The largest absolute Gasteiger partial charge is 0.418 e. The third kappa shape index (κ3) is 5.56. The molecule has 0 radical (unpaired) electrons. The van der Waals surface area contributed by atoms with E-state index in [1.165, 1.54) is 6.07 Å². The lowest BCUT2D eigenvalue weighted by Crippen LogP contribution is -2.33. The molecule has 1 aromatic heterocycles. The Morgan fingerprint density at radius 3 is 2.41 bits per heavy atom. The molecule has 0 saturated heterocycles. The second-order valence-corrected chi connectivity index (χ2v) is 6.66. The van der Waals surface area contributed by atoms with Crippen LogP contribution in [0.1, 0.15) is 22.9 Å². The van der Waals surface area contributed by atoms with Gasteiger partial charge in [0.05, 0.1) is 16.9 Å². The molecule has 3 rings (SSSR count). The predicted octanol–water partition coefficient (Wildman–Crippen LogP) is 5.22. The van der Waals surface area contributed by atoms with Crippen molar-refractivity contribution in [1.29, 1.82) is 0 Å². The maximum Gasteiger partial charge on any atom is 0.418 e. The van der Waals surface area contributed by atoms with Crippen LogP contribution in [-0.4, -0.2) is 10.9 Å². The summed E-state index contributed by atoms with van der Waals surface area (Å²) in [4.78, 5) is 17.1. The molecule has 1 heterocycles. The number of carbonyl (C=O) groups excluding carboxylic acids is 1. The number of anilines is 1. The van der Waals surface area contributed by atoms with Crippen LogP contribution in [-0.2, 0) is 17.5 Å². The normalized spacial score (nSPS) is 12.4. The zero-order valence-electron chi connectivity index (χ0n) is 15.1. The maximum atomic E-state index is 13.3. The number of carbonyl (C=O) groups is 1. The highest BCUT2D eigenvalue weighted by molar-refractivity contribution is 6.30. The van der Waals surface area contributed by atoms with Crippen molar-refractivity contribution in [2.24, 2.45) is 0 Å². The molecule has 0 spiro atoms. The summed E-state index contributed by atoms with van der Waals surface area (Å²) in [5.74, 6) is -0.625. The molecular weight excluding hydrogens is 403 g/mol. The van der Waals surface area contributed by atoms with Gasteiger partial charge in [-0.15, -0.1) is 0 Å². The monoisotopic (exact) mass is 419 g/mol. The number of alkyl halides is 3. The van der Waals surface area contributed by atoms with E-state index in [4.69, 9.17) is 11.6 Å². The van der Waals surface area contributed by atoms with Gasteiger partial charge in [-0.25, -0.2) is 0 Å². The summed E-state index contributed by atoms with van der Waals surface area (Å²) in [6.07, 6.45) is -3.03. The van der Waals surface area contributed by atoms with Crippen LogP contribution in [0.5, 0.6) is 0 Å². The fraction of sp³-hybridized carbons (Fsp3) is 0.143. The number of pyridine rings is 1. The molecule has 1 unspecified atom stereocenters. The minimum absolute atomic E-state index is 0.0665. The second kappa shape index (κ2) is 9.07. The van der Waals surface area contributed by atoms with Gasteiger partial charge < -0.3 is 5.32 Å². The summed E-state index contributed by atoms with van der Waals surface area (Å²) in [6, 6.07) is 16.5. The van der Waals surface area contributed by atoms with Gasteiger partial charge in [0.25, 0.3) is 0 Å². The summed E-state index contributed by atoms with van der Waals surface area (Å²) in [7, 11) is 0. The number of hydrogen-bond donors (Lipinski definition) is 2. The van der Waals surface area contributed by atoms with E-state index in [0.717, 1.165) is 12.1 Å². The number of hydrogen-bond acceptors (Lipinski definition) is 3. The molecule has 0 aliphatic heterocycles. The number of halogens is 4. The molecule has 0 fully saturated rings. The number of nitrogens with zero attached hydrogens (tertiary/aromatic N) is 1. The van der Waals surface area contributed by atoms with Crippen LogP contribution < -0.4 is 10.6 Å². The van der Waals surface area contributed by atoms with Crippen LogP contribution in [0.2, 0.25) is 5.02 Å². The molecule has 1 atom stereocenters. The molecule has 0 saturated carbocycles. The first kappa shape index (κ1) is 20.8. The van der Waals surface area contributed by atoms with E-state index in [2.05, 4.69) is 15.6 Å². The average molecular weight is 420 g/mol. The zero-order valence-corrected chi connectivity index (χ0v) is 15.8. The third-order valence-corrected chi connectivity index (χ3v) is 4.39. The van der Waals surface area contributed by atoms with Gasteiger partial charge in [0.15, 0.2) is 0 Å². The third-order valence-electron chi connectivity index (χ3n) is 4.15. The molecule has 2 N–H and O–H groups in total. The summed E-state index contributed by atoms with van der Waals surface area (Å²) in [5.41, 5.74) is -0.0467. The van der Waals surface area contributed by atoms with Gasteiger partial charge >= 0.3 is 6.18 Å². The first-order valence-corrected chi connectivity index (χ1v) is 9.08. The highest BCUT2D eigenvalue weighted by Crippen LogP contribution is 2.36. The Morgan fingerprint density at radius 2 is 1.76 bits per heavy atom. The Balaban J connectivity index is 1.86. The minimum Gasteiger partial charge on any atom is -0.324 e. The van der Waals surface area contributed by atoms with Crippen molar-refractivity contribution in [2.45, 2.75) is 18.8 Å². The van der Waals surface area contributed by atoms with E-state index in [1.807, 2.05) is 6.07 Å². The van der Waals surface area contributed by atoms with E-state index in [-0.39, 0.29) is 17.3 Å². The molecule has 150 valence electrons. The van der Waals surface area contributed by atoms with Gasteiger partial charge in [-0.2, -0.15) is 13.2 Å². The lowest BCUT2D eigenvalue weighted by molar-refractivity contribution is -0.137. The summed E-state index contributed by atoms with van der Waals surface area (Å²) in [5, 5.41) is 5.37. The van der Waals surface area contributed by atoms with Crippen molar-refractivity contribution in [3.05, 3.63) is 94.8 Å². The van der Waals surface area contributed by atoms with Gasteiger partial charge in [-0.05, 0) is 35.9 Å². The van der Waals surface area contributed by atoms with Crippen LogP contribution in [0.15, 0.2) is 72.9 Å². The van der Waals surface area contributed by atoms with Crippen LogP contribution in [0.25, 0.3) is 0 Å². The number of amides is 1. The van der Waals surface area contributed by atoms with Crippen molar-refractivity contribution in [2.75, 3.05) is 5.32 Å². The summed E-state index contributed by atoms with van der Waals surface area (Å²) in [6.45, 7) is 0.264. The molecule has 2 aromatic carbocycles. The Labute approximate surface area is 170 Å². The fourth-order valence-corrected chi connectivity index (χ4v) is 2.95. The molecule has 1 amide bonds. The van der Waals surface area contributed by atoms with Crippen LogP contribution in [0.3, 0.4) is 0 Å². The van der Waals surface area contributed by atoms with Crippen molar-refractivity contribution in [1.82, 2.24) is 10.3 Å².